The van der Waals surface area contributed by atoms with E-state index in [-0.39, 0.29) is 11.4 Å². The van der Waals surface area contributed by atoms with Crippen LogP contribution in [0, 0.1) is 10.1 Å². The number of rotatable bonds is 6. The summed E-state index contributed by atoms with van der Waals surface area (Å²) in [5.41, 5.74) is 5.26. The van der Waals surface area contributed by atoms with Gasteiger partial charge in [0.05, 0.1) is 11.5 Å². The molecule has 0 aliphatic heterocycles. The van der Waals surface area contributed by atoms with Gasteiger partial charge in [0.1, 0.15) is 12.4 Å². The Morgan fingerprint density at radius 3 is 2.56 bits per heavy atom. The van der Waals surface area contributed by atoms with Crippen LogP contribution in [0.25, 0.3) is 0 Å². The lowest BCUT2D eigenvalue weighted by Crippen LogP contribution is -2.38. The standard InChI is InChI=1S/C12H18N2O4/c1-4-17-11-7-9(18-8-12(2,3)13)5-6-10(11)14(15)16/h5-7H,4,8,13H2,1-3H3. The first-order valence-corrected chi connectivity index (χ1v) is 5.66. The second-order valence-corrected chi connectivity index (χ2v) is 4.60. The predicted octanol–water partition coefficient (Wildman–Crippen LogP) is 2.11. The molecule has 6 nitrogen and oxygen atoms in total. The van der Waals surface area contributed by atoms with E-state index in [1.807, 2.05) is 13.8 Å². The lowest BCUT2D eigenvalue weighted by molar-refractivity contribution is -0.385. The Bertz CT molecular complexity index is 427. The van der Waals surface area contributed by atoms with Crippen molar-refractivity contribution in [3.05, 3.63) is 28.3 Å². The average molecular weight is 254 g/mol. The summed E-state index contributed by atoms with van der Waals surface area (Å²) >= 11 is 0. The van der Waals surface area contributed by atoms with Crippen molar-refractivity contribution in [2.45, 2.75) is 26.3 Å². The Morgan fingerprint density at radius 1 is 1.39 bits per heavy atom. The van der Waals surface area contributed by atoms with Crippen molar-refractivity contribution in [3.8, 4) is 11.5 Å². The monoisotopic (exact) mass is 254 g/mol. The van der Waals surface area contributed by atoms with Crippen LogP contribution in [0.4, 0.5) is 5.69 Å². The molecular weight excluding hydrogens is 236 g/mol. The number of ether oxygens (including phenoxy) is 2. The van der Waals surface area contributed by atoms with E-state index in [1.165, 1.54) is 18.2 Å². The molecule has 0 aliphatic rings. The molecular formula is C12H18N2O4. The first kappa shape index (κ1) is 14.2. The molecule has 0 radical (unpaired) electrons. The predicted molar refractivity (Wildman–Crippen MR) is 68.0 cm³/mol. The molecule has 0 heterocycles. The van der Waals surface area contributed by atoms with Crippen LogP contribution in [0.2, 0.25) is 0 Å². The largest absolute Gasteiger partial charge is 0.492 e. The van der Waals surface area contributed by atoms with E-state index in [9.17, 15) is 10.1 Å². The number of hydrogen-bond acceptors (Lipinski definition) is 5. The number of nitro benzene ring substituents is 1. The molecule has 0 saturated heterocycles. The van der Waals surface area contributed by atoms with Crippen LogP contribution >= 0.6 is 0 Å². The van der Waals surface area contributed by atoms with Gasteiger partial charge < -0.3 is 15.2 Å². The molecule has 0 aromatic heterocycles. The molecule has 0 atom stereocenters. The van der Waals surface area contributed by atoms with Crippen LogP contribution in [-0.2, 0) is 0 Å². The summed E-state index contributed by atoms with van der Waals surface area (Å²) in [4.78, 5) is 10.3. The lowest BCUT2D eigenvalue weighted by Gasteiger charge is -2.19. The molecule has 0 bridgehead atoms. The molecule has 0 saturated carbocycles. The number of hydrogen-bond donors (Lipinski definition) is 1. The van der Waals surface area contributed by atoms with E-state index in [1.54, 1.807) is 6.92 Å². The second kappa shape index (κ2) is 5.68. The van der Waals surface area contributed by atoms with E-state index < -0.39 is 10.5 Å². The van der Waals surface area contributed by atoms with Crippen molar-refractivity contribution >= 4 is 5.69 Å². The summed E-state index contributed by atoms with van der Waals surface area (Å²) < 4.78 is 10.7. The molecule has 100 valence electrons. The van der Waals surface area contributed by atoms with E-state index in [4.69, 9.17) is 15.2 Å². The van der Waals surface area contributed by atoms with Crippen molar-refractivity contribution in [3.63, 3.8) is 0 Å². The van der Waals surface area contributed by atoms with Gasteiger partial charge in [0.2, 0.25) is 5.75 Å². The summed E-state index contributed by atoms with van der Waals surface area (Å²) in [6, 6.07) is 4.41. The van der Waals surface area contributed by atoms with Gasteiger partial charge in [0.15, 0.2) is 0 Å². The summed E-state index contributed by atoms with van der Waals surface area (Å²) in [6.45, 7) is 6.10. The smallest absolute Gasteiger partial charge is 0.311 e. The second-order valence-electron chi connectivity index (χ2n) is 4.60. The van der Waals surface area contributed by atoms with Gasteiger partial charge in [0, 0.05) is 17.7 Å². The molecule has 2 N–H and O–H groups in total. The van der Waals surface area contributed by atoms with Gasteiger partial charge in [-0.15, -0.1) is 0 Å². The van der Waals surface area contributed by atoms with Gasteiger partial charge in [-0.1, -0.05) is 0 Å². The van der Waals surface area contributed by atoms with E-state index in [0.717, 1.165) is 0 Å². The van der Waals surface area contributed by atoms with Gasteiger partial charge in [-0.3, -0.25) is 10.1 Å². The normalized spacial score (nSPS) is 11.1. The Hall–Kier alpha value is -1.82. The van der Waals surface area contributed by atoms with Crippen LogP contribution in [0.15, 0.2) is 18.2 Å². The molecule has 0 amide bonds. The third-order valence-electron chi connectivity index (χ3n) is 2.04. The number of nitrogens with zero attached hydrogens (tertiary/aromatic N) is 1. The maximum atomic E-state index is 10.8. The zero-order chi connectivity index (χ0) is 13.8. The molecule has 1 rings (SSSR count). The van der Waals surface area contributed by atoms with Crippen molar-refractivity contribution < 1.29 is 14.4 Å². The number of nitro groups is 1. The Balaban J connectivity index is 2.89. The Kier molecular flexibility index (Phi) is 4.49. The van der Waals surface area contributed by atoms with Crippen molar-refractivity contribution in [2.75, 3.05) is 13.2 Å². The average Bonchev–Trinajstić information content (AvgIpc) is 2.25. The van der Waals surface area contributed by atoms with Gasteiger partial charge in [-0.25, -0.2) is 0 Å². The first-order valence-electron chi connectivity index (χ1n) is 5.66. The Labute approximate surface area is 106 Å². The highest BCUT2D eigenvalue weighted by Gasteiger charge is 2.17. The fourth-order valence-corrected chi connectivity index (χ4v) is 1.28. The third-order valence-corrected chi connectivity index (χ3v) is 2.04. The van der Waals surface area contributed by atoms with Crippen molar-refractivity contribution in [2.24, 2.45) is 5.73 Å². The van der Waals surface area contributed by atoms with E-state index >= 15 is 0 Å². The third kappa shape index (κ3) is 4.21. The zero-order valence-electron chi connectivity index (χ0n) is 10.8. The molecule has 6 heteroatoms. The molecule has 18 heavy (non-hydrogen) atoms. The molecule has 1 aromatic rings. The van der Waals surface area contributed by atoms with Crippen molar-refractivity contribution in [1.29, 1.82) is 0 Å². The van der Waals surface area contributed by atoms with E-state index in [2.05, 4.69) is 0 Å². The summed E-state index contributed by atoms with van der Waals surface area (Å²) in [5, 5.41) is 10.8. The van der Waals surface area contributed by atoms with Crippen LogP contribution < -0.4 is 15.2 Å². The van der Waals surface area contributed by atoms with Gasteiger partial charge in [-0.05, 0) is 26.8 Å². The number of nitrogens with two attached hydrogens (primary N) is 1. The SMILES string of the molecule is CCOc1cc(OCC(C)(C)N)ccc1[N+](=O)[O-]. The first-order chi connectivity index (χ1) is 8.33. The topological polar surface area (TPSA) is 87.6 Å². The summed E-state index contributed by atoms with van der Waals surface area (Å²) in [5.74, 6) is 0.706. The van der Waals surface area contributed by atoms with E-state index in [0.29, 0.717) is 19.0 Å². The summed E-state index contributed by atoms with van der Waals surface area (Å²) in [7, 11) is 0. The van der Waals surface area contributed by atoms with Crippen LogP contribution in [-0.4, -0.2) is 23.7 Å². The summed E-state index contributed by atoms with van der Waals surface area (Å²) in [6.07, 6.45) is 0. The highest BCUT2D eigenvalue weighted by Crippen LogP contribution is 2.31. The molecule has 0 fully saturated rings. The van der Waals surface area contributed by atoms with Gasteiger partial charge in [0.25, 0.3) is 0 Å². The minimum atomic E-state index is -0.484. The highest BCUT2D eigenvalue weighted by molar-refractivity contribution is 5.50. The van der Waals surface area contributed by atoms with Crippen LogP contribution in [0.1, 0.15) is 20.8 Å². The lowest BCUT2D eigenvalue weighted by atomic mass is 10.1. The molecule has 0 spiro atoms. The fourth-order valence-electron chi connectivity index (χ4n) is 1.28. The maximum Gasteiger partial charge on any atom is 0.311 e. The van der Waals surface area contributed by atoms with Crippen molar-refractivity contribution in [1.82, 2.24) is 0 Å². The van der Waals surface area contributed by atoms with Crippen LogP contribution in [0.3, 0.4) is 0 Å². The Morgan fingerprint density at radius 2 is 2.06 bits per heavy atom. The zero-order valence-corrected chi connectivity index (χ0v) is 10.8. The maximum absolute atomic E-state index is 10.8. The van der Waals surface area contributed by atoms with Crippen LogP contribution in [0.5, 0.6) is 11.5 Å². The molecule has 0 unspecified atom stereocenters. The highest BCUT2D eigenvalue weighted by atomic mass is 16.6. The number of benzene rings is 1. The molecule has 1 aromatic carbocycles. The van der Waals surface area contributed by atoms with Gasteiger partial charge >= 0.3 is 5.69 Å². The van der Waals surface area contributed by atoms with Gasteiger partial charge in [-0.2, -0.15) is 0 Å². The quantitative estimate of drug-likeness (QED) is 0.620. The fraction of sp³-hybridized carbons (Fsp3) is 0.500. The molecule has 0 aliphatic carbocycles. The minimum Gasteiger partial charge on any atom is -0.492 e. The minimum absolute atomic E-state index is 0.0730.